The SMILES string of the molecule is NC(=O)N(C(=O)c1ccc(Oc2ccc(C(F)(F)F)cc2Cl)cc1)c1ccccc1. The second-order valence-corrected chi connectivity index (χ2v) is 6.49. The van der Waals surface area contributed by atoms with Crippen LogP contribution in [0.2, 0.25) is 5.02 Å². The number of halogens is 4. The zero-order valence-corrected chi connectivity index (χ0v) is 15.9. The number of para-hydroxylation sites is 1. The van der Waals surface area contributed by atoms with Crippen molar-refractivity contribution in [2.45, 2.75) is 6.18 Å². The zero-order valence-electron chi connectivity index (χ0n) is 15.2. The van der Waals surface area contributed by atoms with E-state index in [2.05, 4.69) is 0 Å². The van der Waals surface area contributed by atoms with Crippen molar-refractivity contribution in [3.05, 3.63) is 88.9 Å². The highest BCUT2D eigenvalue weighted by atomic mass is 35.5. The molecule has 0 aromatic heterocycles. The van der Waals surface area contributed by atoms with Gasteiger partial charge >= 0.3 is 12.2 Å². The molecule has 3 rings (SSSR count). The van der Waals surface area contributed by atoms with Crippen LogP contribution < -0.4 is 15.4 Å². The molecule has 0 spiro atoms. The topological polar surface area (TPSA) is 72.6 Å². The first-order valence-corrected chi connectivity index (χ1v) is 8.88. The van der Waals surface area contributed by atoms with Crippen LogP contribution in [-0.4, -0.2) is 11.9 Å². The predicted molar refractivity (Wildman–Crippen MR) is 106 cm³/mol. The molecule has 30 heavy (non-hydrogen) atoms. The van der Waals surface area contributed by atoms with Gasteiger partial charge in [-0.1, -0.05) is 29.8 Å². The minimum absolute atomic E-state index is 0.0202. The molecule has 3 aromatic carbocycles. The monoisotopic (exact) mass is 434 g/mol. The van der Waals surface area contributed by atoms with Gasteiger partial charge in [0.1, 0.15) is 11.5 Å². The number of hydrogen-bond acceptors (Lipinski definition) is 3. The lowest BCUT2D eigenvalue weighted by atomic mass is 10.1. The third-order valence-corrected chi connectivity index (χ3v) is 4.32. The maximum Gasteiger partial charge on any atom is 0.416 e. The number of imide groups is 1. The highest BCUT2D eigenvalue weighted by molar-refractivity contribution is 6.32. The summed E-state index contributed by atoms with van der Waals surface area (Å²) in [5.74, 6) is -0.391. The van der Waals surface area contributed by atoms with Gasteiger partial charge in [0.05, 0.1) is 16.3 Å². The normalized spacial score (nSPS) is 11.1. The summed E-state index contributed by atoms with van der Waals surface area (Å²) in [4.78, 5) is 25.3. The van der Waals surface area contributed by atoms with E-state index in [1.54, 1.807) is 30.3 Å². The number of nitrogens with two attached hydrogens (primary N) is 1. The lowest BCUT2D eigenvalue weighted by Gasteiger charge is -2.18. The Labute approximate surface area is 174 Å². The Morgan fingerprint density at radius 2 is 1.57 bits per heavy atom. The number of carbonyl (C=O) groups is 2. The highest BCUT2D eigenvalue weighted by Gasteiger charge is 2.31. The van der Waals surface area contributed by atoms with Crippen molar-refractivity contribution in [2.24, 2.45) is 5.73 Å². The Kier molecular flexibility index (Phi) is 5.98. The molecule has 5 nitrogen and oxygen atoms in total. The van der Waals surface area contributed by atoms with Crippen molar-refractivity contribution in [1.82, 2.24) is 0 Å². The molecule has 3 amide bonds. The predicted octanol–water partition coefficient (Wildman–Crippen LogP) is 5.88. The fourth-order valence-corrected chi connectivity index (χ4v) is 2.82. The fraction of sp³-hybridized carbons (Fsp3) is 0.0476. The third-order valence-electron chi connectivity index (χ3n) is 4.03. The molecule has 0 fully saturated rings. The van der Waals surface area contributed by atoms with E-state index in [0.29, 0.717) is 5.69 Å². The fourth-order valence-electron chi connectivity index (χ4n) is 2.60. The van der Waals surface area contributed by atoms with E-state index in [4.69, 9.17) is 22.1 Å². The van der Waals surface area contributed by atoms with Crippen molar-refractivity contribution in [3.8, 4) is 11.5 Å². The van der Waals surface area contributed by atoms with Gasteiger partial charge in [-0.05, 0) is 54.6 Å². The van der Waals surface area contributed by atoms with E-state index in [1.807, 2.05) is 0 Å². The largest absolute Gasteiger partial charge is 0.456 e. The van der Waals surface area contributed by atoms with Crippen molar-refractivity contribution < 1.29 is 27.5 Å². The van der Waals surface area contributed by atoms with Crippen molar-refractivity contribution in [1.29, 1.82) is 0 Å². The second-order valence-electron chi connectivity index (χ2n) is 6.08. The molecule has 0 heterocycles. The summed E-state index contributed by atoms with van der Waals surface area (Å²) < 4.78 is 43.7. The van der Waals surface area contributed by atoms with Gasteiger partial charge in [-0.15, -0.1) is 0 Å². The van der Waals surface area contributed by atoms with Crippen LogP contribution in [0.25, 0.3) is 0 Å². The minimum Gasteiger partial charge on any atom is -0.456 e. The van der Waals surface area contributed by atoms with Crippen molar-refractivity contribution >= 4 is 29.2 Å². The lowest BCUT2D eigenvalue weighted by Crippen LogP contribution is -2.40. The molecule has 3 aromatic rings. The minimum atomic E-state index is -4.52. The molecule has 2 N–H and O–H groups in total. The van der Waals surface area contributed by atoms with Crippen molar-refractivity contribution in [3.63, 3.8) is 0 Å². The first kappa shape index (κ1) is 21.2. The quantitative estimate of drug-likeness (QED) is 0.557. The maximum absolute atomic E-state index is 12.7. The summed E-state index contributed by atoms with van der Waals surface area (Å²) in [6.07, 6.45) is -4.52. The Hall–Kier alpha value is -3.52. The molecule has 0 radical (unpaired) electrons. The van der Waals surface area contributed by atoms with Crippen LogP contribution in [0.5, 0.6) is 11.5 Å². The molecular formula is C21H14ClF3N2O3. The van der Waals surface area contributed by atoms with Gasteiger partial charge in [0, 0.05) is 5.56 Å². The maximum atomic E-state index is 12.7. The summed E-state index contributed by atoms with van der Waals surface area (Å²) in [6, 6.07) is 15.6. The summed E-state index contributed by atoms with van der Waals surface area (Å²) in [5, 5.41) is -0.214. The molecule has 0 aliphatic carbocycles. The Morgan fingerprint density at radius 1 is 0.933 bits per heavy atom. The van der Waals surface area contributed by atoms with Crippen LogP contribution in [0.1, 0.15) is 15.9 Å². The zero-order chi connectivity index (χ0) is 21.9. The number of nitrogens with zero attached hydrogens (tertiary/aromatic N) is 1. The van der Waals surface area contributed by atoms with E-state index in [9.17, 15) is 22.8 Å². The Balaban J connectivity index is 1.79. The number of urea groups is 1. The Bertz CT molecular complexity index is 1070. The van der Waals surface area contributed by atoms with E-state index >= 15 is 0 Å². The first-order valence-electron chi connectivity index (χ1n) is 8.50. The van der Waals surface area contributed by atoms with Crippen molar-refractivity contribution in [2.75, 3.05) is 4.90 Å². The number of hydrogen-bond donors (Lipinski definition) is 1. The van der Waals surface area contributed by atoms with Crippen LogP contribution in [0, 0.1) is 0 Å². The molecule has 0 aliphatic rings. The lowest BCUT2D eigenvalue weighted by molar-refractivity contribution is -0.137. The number of amides is 3. The van der Waals surface area contributed by atoms with Gasteiger partial charge in [0.25, 0.3) is 5.91 Å². The number of anilines is 1. The third kappa shape index (κ3) is 4.72. The smallest absolute Gasteiger partial charge is 0.416 e. The summed E-state index contributed by atoms with van der Waals surface area (Å²) in [5.41, 5.74) is 4.92. The summed E-state index contributed by atoms with van der Waals surface area (Å²) in [6.45, 7) is 0. The number of ether oxygens (including phenoxy) is 1. The molecule has 0 atom stereocenters. The number of alkyl halides is 3. The van der Waals surface area contributed by atoms with Gasteiger partial charge in [-0.2, -0.15) is 13.2 Å². The number of rotatable bonds is 4. The van der Waals surface area contributed by atoms with E-state index in [-0.39, 0.29) is 22.1 Å². The van der Waals surface area contributed by atoms with Crippen LogP contribution >= 0.6 is 11.6 Å². The molecular weight excluding hydrogens is 421 g/mol. The summed E-state index contributed by atoms with van der Waals surface area (Å²) in [7, 11) is 0. The van der Waals surface area contributed by atoms with E-state index in [0.717, 1.165) is 23.1 Å². The molecule has 0 saturated carbocycles. The van der Waals surface area contributed by atoms with Crippen LogP contribution in [0.4, 0.5) is 23.7 Å². The van der Waals surface area contributed by atoms with Gasteiger partial charge in [-0.25, -0.2) is 9.69 Å². The molecule has 0 bridgehead atoms. The Morgan fingerprint density at radius 3 is 2.10 bits per heavy atom. The van der Waals surface area contributed by atoms with E-state index < -0.39 is 23.7 Å². The van der Waals surface area contributed by atoms with E-state index in [1.165, 1.54) is 24.3 Å². The molecule has 0 saturated heterocycles. The second kappa shape index (κ2) is 8.46. The average Bonchev–Trinajstić information content (AvgIpc) is 2.70. The molecule has 9 heteroatoms. The van der Waals surface area contributed by atoms with Crippen LogP contribution in [-0.2, 0) is 6.18 Å². The van der Waals surface area contributed by atoms with Gasteiger partial charge in [-0.3, -0.25) is 4.79 Å². The van der Waals surface area contributed by atoms with Gasteiger partial charge in [0.2, 0.25) is 0 Å². The number of benzene rings is 3. The number of primary amides is 1. The van der Waals surface area contributed by atoms with Gasteiger partial charge < -0.3 is 10.5 Å². The average molecular weight is 435 g/mol. The van der Waals surface area contributed by atoms with Crippen LogP contribution in [0.3, 0.4) is 0 Å². The number of carbonyl (C=O) groups excluding carboxylic acids is 2. The summed E-state index contributed by atoms with van der Waals surface area (Å²) >= 11 is 5.87. The standard InChI is InChI=1S/C21H14ClF3N2O3/c22-17-12-14(21(23,24)25)8-11-18(17)30-16-9-6-13(7-10-16)19(28)27(20(26)29)15-4-2-1-3-5-15/h1-12H,(H2,26,29). The first-order chi connectivity index (χ1) is 14.2. The van der Waals surface area contributed by atoms with Crippen LogP contribution in [0.15, 0.2) is 72.8 Å². The highest BCUT2D eigenvalue weighted by Crippen LogP contribution is 2.36. The molecule has 0 aliphatic heterocycles. The molecule has 154 valence electrons. The van der Waals surface area contributed by atoms with Gasteiger partial charge in [0.15, 0.2) is 0 Å². The molecule has 0 unspecified atom stereocenters.